The van der Waals surface area contributed by atoms with Crippen LogP contribution in [0, 0.1) is 6.92 Å². The predicted octanol–water partition coefficient (Wildman–Crippen LogP) is 2.82. The van der Waals surface area contributed by atoms with E-state index in [0.29, 0.717) is 11.3 Å². The van der Waals surface area contributed by atoms with Gasteiger partial charge < -0.3 is 5.32 Å². The molecule has 0 saturated carbocycles. The van der Waals surface area contributed by atoms with E-state index in [1.807, 2.05) is 6.92 Å². The molecular formula is C18H13Cl2N5O3. The average Bonchev–Trinajstić information content (AvgIpc) is 3.04. The largest absolute Gasteiger partial charge is 0.323 e. The van der Waals surface area contributed by atoms with Gasteiger partial charge in [0.15, 0.2) is 5.65 Å². The summed E-state index contributed by atoms with van der Waals surface area (Å²) in [5, 5.41) is 8.05. The molecule has 3 amide bonds. The summed E-state index contributed by atoms with van der Waals surface area (Å²) < 4.78 is 1.64. The number of fused-ring (bicyclic) bond motifs is 2. The molecule has 142 valence electrons. The number of carbonyl (C=O) groups is 3. The number of amides is 3. The third kappa shape index (κ3) is 2.90. The second-order valence-corrected chi connectivity index (χ2v) is 7.18. The molecule has 10 heteroatoms. The topological polar surface area (TPSA) is 97.2 Å². The molecule has 0 fully saturated rings. The quantitative estimate of drug-likeness (QED) is 0.660. The molecule has 0 atom stereocenters. The Balaban J connectivity index is 1.54. The minimum absolute atomic E-state index is 0.126. The van der Waals surface area contributed by atoms with Crippen LogP contribution in [0.25, 0.3) is 11.0 Å². The first-order valence-corrected chi connectivity index (χ1v) is 8.96. The molecule has 0 radical (unpaired) electrons. The summed E-state index contributed by atoms with van der Waals surface area (Å²) in [4.78, 5) is 42.5. The van der Waals surface area contributed by atoms with Crippen LogP contribution in [0.15, 0.2) is 24.4 Å². The highest BCUT2D eigenvalue weighted by Crippen LogP contribution is 2.31. The summed E-state index contributed by atoms with van der Waals surface area (Å²) in [5.74, 6) is -1.72. The number of halogens is 2. The zero-order chi connectivity index (χ0) is 20.2. The van der Waals surface area contributed by atoms with Crippen LogP contribution in [0.4, 0.5) is 5.69 Å². The van der Waals surface area contributed by atoms with Crippen molar-refractivity contribution in [3.05, 3.63) is 51.3 Å². The molecule has 1 aliphatic heterocycles. The number of nitrogens with one attached hydrogen (secondary N) is 1. The second kappa shape index (κ2) is 6.57. The van der Waals surface area contributed by atoms with Gasteiger partial charge in [0.1, 0.15) is 6.54 Å². The van der Waals surface area contributed by atoms with Gasteiger partial charge >= 0.3 is 0 Å². The van der Waals surface area contributed by atoms with Crippen molar-refractivity contribution in [1.29, 1.82) is 0 Å². The van der Waals surface area contributed by atoms with Crippen LogP contribution in [0.5, 0.6) is 0 Å². The molecule has 0 aliphatic carbocycles. The van der Waals surface area contributed by atoms with Crippen molar-refractivity contribution in [3.8, 4) is 0 Å². The highest BCUT2D eigenvalue weighted by Gasteiger charge is 2.37. The minimum atomic E-state index is -0.592. The Morgan fingerprint density at radius 2 is 1.71 bits per heavy atom. The van der Waals surface area contributed by atoms with Crippen molar-refractivity contribution in [2.24, 2.45) is 7.05 Å². The van der Waals surface area contributed by atoms with Crippen LogP contribution in [0.2, 0.25) is 10.0 Å². The Bertz CT molecular complexity index is 1150. The van der Waals surface area contributed by atoms with Crippen LogP contribution in [-0.4, -0.2) is 43.9 Å². The van der Waals surface area contributed by atoms with Gasteiger partial charge in [-0.15, -0.1) is 0 Å². The smallest absolute Gasteiger partial charge is 0.262 e. The fourth-order valence-electron chi connectivity index (χ4n) is 3.15. The highest BCUT2D eigenvalue weighted by molar-refractivity contribution is 6.43. The van der Waals surface area contributed by atoms with E-state index in [4.69, 9.17) is 23.2 Å². The molecule has 0 saturated heterocycles. The molecule has 0 bridgehead atoms. The minimum Gasteiger partial charge on any atom is -0.323 e. The lowest BCUT2D eigenvalue weighted by molar-refractivity contribution is -0.116. The van der Waals surface area contributed by atoms with Crippen LogP contribution >= 0.6 is 23.2 Å². The molecule has 1 aromatic carbocycles. The van der Waals surface area contributed by atoms with E-state index in [0.717, 1.165) is 16.0 Å². The van der Waals surface area contributed by atoms with E-state index in [-0.39, 0.29) is 21.2 Å². The molecular weight excluding hydrogens is 405 g/mol. The first kappa shape index (κ1) is 18.4. The van der Waals surface area contributed by atoms with E-state index < -0.39 is 24.3 Å². The monoisotopic (exact) mass is 417 g/mol. The fraction of sp³-hybridized carbons (Fsp3) is 0.167. The molecule has 1 aliphatic rings. The molecule has 3 heterocycles. The first-order chi connectivity index (χ1) is 13.3. The second-order valence-electron chi connectivity index (χ2n) is 6.36. The van der Waals surface area contributed by atoms with Crippen LogP contribution in [0.1, 0.15) is 26.4 Å². The summed E-state index contributed by atoms with van der Waals surface area (Å²) in [6, 6.07) is 4.41. The number of imide groups is 1. The number of aromatic nitrogens is 3. The lowest BCUT2D eigenvalue weighted by Crippen LogP contribution is -2.37. The number of rotatable bonds is 3. The van der Waals surface area contributed by atoms with Crippen LogP contribution < -0.4 is 5.32 Å². The standard InChI is InChI=1S/C18H13Cl2N5O3/c1-8-10-3-9(6-21-16(10)24(2)23-8)22-15(26)7-25-17(27)11-4-13(19)14(20)5-12(11)18(25)28/h3-6H,7H2,1-2H3,(H,22,26). The fourth-order valence-corrected chi connectivity index (χ4v) is 3.48. The zero-order valence-electron chi connectivity index (χ0n) is 14.8. The van der Waals surface area contributed by atoms with Crippen molar-refractivity contribution in [2.45, 2.75) is 6.92 Å². The molecule has 0 unspecified atom stereocenters. The molecule has 4 rings (SSSR count). The number of pyridine rings is 1. The lowest BCUT2D eigenvalue weighted by atomic mass is 10.1. The van der Waals surface area contributed by atoms with E-state index >= 15 is 0 Å². The van der Waals surface area contributed by atoms with Gasteiger partial charge in [-0.25, -0.2) is 4.98 Å². The third-order valence-electron chi connectivity index (χ3n) is 4.46. The first-order valence-electron chi connectivity index (χ1n) is 8.20. The molecule has 8 nitrogen and oxygen atoms in total. The Morgan fingerprint density at radius 1 is 1.11 bits per heavy atom. The zero-order valence-corrected chi connectivity index (χ0v) is 16.3. The summed E-state index contributed by atoms with van der Waals surface area (Å²) in [6.45, 7) is 1.40. The number of carbonyl (C=O) groups excluding carboxylic acids is 3. The van der Waals surface area contributed by atoms with Crippen molar-refractivity contribution in [3.63, 3.8) is 0 Å². The molecule has 2 aromatic heterocycles. The van der Waals surface area contributed by atoms with Crippen molar-refractivity contribution >= 4 is 57.6 Å². The van der Waals surface area contributed by atoms with E-state index in [9.17, 15) is 14.4 Å². The van der Waals surface area contributed by atoms with Gasteiger partial charge in [0, 0.05) is 12.4 Å². The maximum Gasteiger partial charge on any atom is 0.262 e. The SMILES string of the molecule is Cc1nn(C)c2ncc(NC(=O)CN3C(=O)c4cc(Cl)c(Cl)cc4C3=O)cc12. The number of benzene rings is 1. The van der Waals surface area contributed by atoms with Gasteiger partial charge in [-0.1, -0.05) is 23.2 Å². The number of hydrogen-bond donors (Lipinski definition) is 1. The molecule has 28 heavy (non-hydrogen) atoms. The summed E-state index contributed by atoms with van der Waals surface area (Å²) >= 11 is 11.8. The van der Waals surface area contributed by atoms with E-state index in [1.54, 1.807) is 17.8 Å². The maximum atomic E-state index is 12.5. The molecule has 1 N–H and O–H groups in total. The molecule has 0 spiro atoms. The summed E-state index contributed by atoms with van der Waals surface area (Å²) in [6.07, 6.45) is 1.49. The summed E-state index contributed by atoms with van der Waals surface area (Å²) in [5.41, 5.74) is 2.15. The number of hydrogen-bond acceptors (Lipinski definition) is 5. The van der Waals surface area contributed by atoms with Gasteiger partial charge in [0.05, 0.1) is 38.8 Å². The Kier molecular flexibility index (Phi) is 4.32. The number of anilines is 1. The van der Waals surface area contributed by atoms with Crippen molar-refractivity contribution < 1.29 is 14.4 Å². The van der Waals surface area contributed by atoms with Crippen LogP contribution in [-0.2, 0) is 11.8 Å². The number of aryl methyl sites for hydroxylation is 2. The Labute approximate surface area is 169 Å². The van der Waals surface area contributed by atoms with Gasteiger partial charge in [0.25, 0.3) is 11.8 Å². The van der Waals surface area contributed by atoms with E-state index in [1.165, 1.54) is 18.3 Å². The van der Waals surface area contributed by atoms with Crippen LogP contribution in [0.3, 0.4) is 0 Å². The van der Waals surface area contributed by atoms with Gasteiger partial charge in [-0.2, -0.15) is 5.10 Å². The van der Waals surface area contributed by atoms with Gasteiger partial charge in [-0.3, -0.25) is 24.0 Å². The maximum absolute atomic E-state index is 12.5. The predicted molar refractivity (Wildman–Crippen MR) is 104 cm³/mol. The average molecular weight is 418 g/mol. The highest BCUT2D eigenvalue weighted by atomic mass is 35.5. The van der Waals surface area contributed by atoms with Gasteiger partial charge in [0.2, 0.25) is 5.91 Å². The van der Waals surface area contributed by atoms with E-state index in [2.05, 4.69) is 15.4 Å². The lowest BCUT2D eigenvalue weighted by Gasteiger charge is -2.13. The number of nitrogens with zero attached hydrogens (tertiary/aromatic N) is 4. The van der Waals surface area contributed by atoms with Gasteiger partial charge in [-0.05, 0) is 25.1 Å². The third-order valence-corrected chi connectivity index (χ3v) is 5.18. The Hall–Kier alpha value is -2.97. The van der Waals surface area contributed by atoms with Crippen molar-refractivity contribution in [2.75, 3.05) is 11.9 Å². The summed E-state index contributed by atoms with van der Waals surface area (Å²) in [7, 11) is 1.78. The normalized spacial score (nSPS) is 13.4. The molecule has 3 aromatic rings. The van der Waals surface area contributed by atoms with Crippen molar-refractivity contribution in [1.82, 2.24) is 19.7 Å². The Morgan fingerprint density at radius 3 is 2.32 bits per heavy atom.